The monoisotopic (exact) mass is 1860 g/mol. The van der Waals surface area contributed by atoms with Crippen LogP contribution in [-0.2, 0) is 33.5 Å². The van der Waals surface area contributed by atoms with Crippen molar-refractivity contribution in [2.24, 2.45) is 11.3 Å². The molecule has 3 aromatic carbocycles. The number of hydrogen-bond acceptors (Lipinski definition) is 18. The maximum atomic E-state index is 12.8. The molecule has 22 heteroatoms. The number of ketones is 6. The van der Waals surface area contributed by atoms with Crippen molar-refractivity contribution in [2.45, 2.75) is 245 Å². The summed E-state index contributed by atoms with van der Waals surface area (Å²) < 4.78 is 35.9. The molecular weight excluding hydrogens is 1730 g/mol. The van der Waals surface area contributed by atoms with Gasteiger partial charge in [0, 0.05) is 81.8 Å². The molecule has 0 amide bonds. The number of ether oxygens (including phenoxy) is 2. The standard InChI is InChI=1S/C22H22Cl2O3.C22H27FO4.C21H21FO3.C17H24O3.C15H18O3.C14H16O2/c1-17(25)8-6-12-19(26)10-4-2-3-5-11-20(27)13-7-9-18-14-15-21(23)22(24)16-18;1-17(24)14-22(2,3)15-19(25)8-6-4-5-7-9-20(26)16-27-21-12-10-18(23)11-13-21;1-17(23)11-16-21(25)9-5-3-2-4-8-20(24)10-6-7-18-12-14-19(22)15-13-18;1-14(18)7-6-10-16(19)8-4-2-3-5-9-17(20)13-15-11-12-15;1-3-10-15(17)11-8-6-4-5-7-9-12-18-13-14(2)16;1-3-10-14(16)12-9-7-5-4-6-8-11-13(2)15/h2-3,5,11,14-16,19-20,26-27H,6,8,12-13H2,1H3;4-5,7,9-13,19-20,25-26H,14-16H2,1-3H3;2-4,8,12-15,20-21,24-25H,10-11,16H2,1H3;2-3,5,9,15-17,19-20H,6-7,10-13H2,1H3;1,4,6,8,11,15,17H,9-10,12-13H2,2H3;1,5,7,9,12,14,16H,8,10-11H2,2H3/b3-2+,11-5+;5-4+,9-7+;3-2+,8-4+;3-2+,9-5+;6-4+,11-8+;7-5+,12-9+/t2*19-,20+;20-,21+;16-,17+;15-;14-/m110111/s1. The van der Waals surface area contributed by atoms with E-state index in [1.807, 2.05) is 13.8 Å². The van der Waals surface area contributed by atoms with E-state index in [2.05, 4.69) is 107 Å². The second-order valence-corrected chi connectivity index (χ2v) is 31.3. The Morgan fingerprint density at radius 3 is 1.23 bits per heavy atom. The lowest BCUT2D eigenvalue weighted by atomic mass is 9.82. The van der Waals surface area contributed by atoms with Crippen LogP contribution in [0.5, 0.6) is 5.75 Å². The summed E-state index contributed by atoms with van der Waals surface area (Å²) in [5.74, 6) is 50.1. The van der Waals surface area contributed by atoms with Gasteiger partial charge in [-0.15, -0.1) is 24.7 Å². The van der Waals surface area contributed by atoms with E-state index >= 15 is 0 Å². The Morgan fingerprint density at radius 1 is 0.429 bits per heavy atom. The summed E-state index contributed by atoms with van der Waals surface area (Å²) in [4.78, 5) is 64.6. The van der Waals surface area contributed by atoms with Crippen LogP contribution in [0.25, 0.3) is 0 Å². The molecule has 0 radical (unpaired) electrons. The molecule has 18 nitrogen and oxygen atoms in total. The van der Waals surface area contributed by atoms with Gasteiger partial charge in [-0.1, -0.05) is 254 Å². The van der Waals surface area contributed by atoms with Crippen molar-refractivity contribution >= 4 is 57.9 Å². The van der Waals surface area contributed by atoms with Crippen LogP contribution in [0.15, 0.2) is 213 Å². The summed E-state index contributed by atoms with van der Waals surface area (Å²) in [6.07, 6.45) is 53.8. The predicted molar refractivity (Wildman–Crippen MR) is 527 cm³/mol. The molecule has 0 aromatic heterocycles. The van der Waals surface area contributed by atoms with Crippen LogP contribution in [0.2, 0.25) is 10.0 Å². The summed E-state index contributed by atoms with van der Waals surface area (Å²) in [7, 11) is 0. The lowest BCUT2D eigenvalue weighted by Gasteiger charge is -2.23. The van der Waals surface area contributed by atoms with E-state index in [1.165, 1.54) is 83.0 Å². The first-order valence-electron chi connectivity index (χ1n) is 43.2. The maximum Gasteiger partial charge on any atom is 0.155 e. The minimum absolute atomic E-state index is 0.0125. The molecule has 3 aromatic rings. The lowest BCUT2D eigenvalue weighted by molar-refractivity contribution is -0.121. The summed E-state index contributed by atoms with van der Waals surface area (Å²) in [6, 6.07) is 16.5. The van der Waals surface area contributed by atoms with E-state index in [0.29, 0.717) is 130 Å². The van der Waals surface area contributed by atoms with Crippen LogP contribution in [0.3, 0.4) is 0 Å². The summed E-state index contributed by atoms with van der Waals surface area (Å²) in [5.41, 5.74) is 1.13. The Labute approximate surface area is 797 Å². The van der Waals surface area contributed by atoms with Crippen molar-refractivity contribution in [3.63, 3.8) is 0 Å². The van der Waals surface area contributed by atoms with Crippen molar-refractivity contribution in [1.82, 2.24) is 0 Å². The number of Topliss-reactive ketones (excluding diaryl/α,β-unsaturated/α-hetero) is 6. The molecule has 0 heterocycles. The molecule has 0 aliphatic heterocycles. The Morgan fingerprint density at radius 2 is 0.812 bits per heavy atom. The van der Waals surface area contributed by atoms with E-state index in [-0.39, 0.29) is 83.9 Å². The van der Waals surface area contributed by atoms with Crippen molar-refractivity contribution in [3.8, 4) is 125 Å². The van der Waals surface area contributed by atoms with Gasteiger partial charge in [0.25, 0.3) is 0 Å². The van der Waals surface area contributed by atoms with E-state index < -0.39 is 54.9 Å². The number of aliphatic hydroxyl groups is 10. The Bertz CT molecular complexity index is 4980. The molecule has 10 atom stereocenters. The zero-order valence-electron chi connectivity index (χ0n) is 77.2. The Kier molecular flexibility index (Phi) is 75.8. The fraction of sp³-hybridized carbons (Fsp3) is 0.387. The van der Waals surface area contributed by atoms with Crippen LogP contribution in [0, 0.1) is 142 Å². The van der Waals surface area contributed by atoms with Crippen LogP contribution in [0.4, 0.5) is 8.78 Å². The molecule has 1 aliphatic carbocycles. The molecule has 0 bridgehead atoms. The summed E-state index contributed by atoms with van der Waals surface area (Å²) >= 11 is 11.8. The molecule has 133 heavy (non-hydrogen) atoms. The average molecular weight is 1860 g/mol. The number of hydrogen-bond donors (Lipinski definition) is 10. The molecular formula is C111H128Cl2F2O18. The number of terminal acetylenes is 2. The quantitative estimate of drug-likeness (QED) is 0.0143. The van der Waals surface area contributed by atoms with Crippen LogP contribution in [0.1, 0.15) is 195 Å². The van der Waals surface area contributed by atoms with Crippen LogP contribution in [-0.4, -0.2) is 167 Å². The van der Waals surface area contributed by atoms with Gasteiger partial charge < -0.3 is 79.7 Å². The summed E-state index contributed by atoms with van der Waals surface area (Å²) in [5, 5.41) is 97.0. The number of allylic oxidation sites excluding steroid dienone is 18. The molecule has 0 unspecified atom stereocenters. The lowest BCUT2D eigenvalue weighted by Crippen LogP contribution is -2.22. The molecule has 10 N–H and O–H groups in total. The highest BCUT2D eigenvalue weighted by atomic mass is 35.5. The number of aliphatic hydroxyl groups excluding tert-OH is 10. The fourth-order valence-electron chi connectivity index (χ4n) is 9.84. The first kappa shape index (κ1) is 123. The third kappa shape index (κ3) is 87.7. The average Bonchev–Trinajstić information content (AvgIpc) is 1.40. The highest BCUT2D eigenvalue weighted by molar-refractivity contribution is 6.42. The van der Waals surface area contributed by atoms with E-state index in [1.54, 1.807) is 184 Å². The van der Waals surface area contributed by atoms with Gasteiger partial charge in [0.2, 0.25) is 0 Å². The van der Waals surface area contributed by atoms with Gasteiger partial charge in [-0.3, -0.25) is 9.59 Å². The molecule has 708 valence electrons. The van der Waals surface area contributed by atoms with Crippen molar-refractivity contribution < 1.29 is 98.1 Å². The van der Waals surface area contributed by atoms with Crippen molar-refractivity contribution in [3.05, 3.63) is 245 Å². The highest BCUT2D eigenvalue weighted by Gasteiger charge is 2.24. The predicted octanol–water partition coefficient (Wildman–Crippen LogP) is 16.3. The van der Waals surface area contributed by atoms with E-state index in [4.69, 9.17) is 45.5 Å². The topological polar surface area (TPSA) is 323 Å². The van der Waals surface area contributed by atoms with Crippen LogP contribution >= 0.6 is 23.2 Å². The number of carbonyl (C=O) groups excluding carboxylic acids is 6. The van der Waals surface area contributed by atoms with Gasteiger partial charge in [-0.2, -0.15) is 0 Å². The van der Waals surface area contributed by atoms with Crippen molar-refractivity contribution in [2.75, 3.05) is 19.8 Å². The van der Waals surface area contributed by atoms with Gasteiger partial charge >= 0.3 is 0 Å². The molecule has 0 spiro atoms. The summed E-state index contributed by atoms with van der Waals surface area (Å²) in [6.45, 7) is 13.6. The number of carbonyl (C=O) groups is 6. The van der Waals surface area contributed by atoms with E-state index in [9.17, 15) is 88.6 Å². The minimum atomic E-state index is -0.815. The van der Waals surface area contributed by atoms with Gasteiger partial charge in [-0.05, 0) is 201 Å². The SMILES string of the molecule is C#CC[C@@H](O)/C=C/C=C/C#CCCC(C)=O.C#CC[C@@H](O)/C=C/C=C/C#CCCOCC(C)=O.CC(=O)CC(C)(C)C[C@H](O)C#C/C=C/C=C/[C@H](O)COc1ccc(F)cc1.CC(=O)CCC[C@H](O)C#C/C=C/C=C/[C@H](O)CC#Cc1ccc(Cl)c(Cl)c1.CC(=O)CCC[C@H](O)C#C/C=C/C=C/[C@H](O)CC1CC1.CC(=O)CC[C@H](O)C#C/C=C/C=C/[C@H](O)CC#Cc1ccc(F)cc1. The Balaban J connectivity index is 0. The first-order valence-corrected chi connectivity index (χ1v) is 44.0. The smallest absolute Gasteiger partial charge is 0.155 e. The number of benzene rings is 3. The molecule has 4 rings (SSSR count). The zero-order valence-corrected chi connectivity index (χ0v) is 78.7. The Hall–Kier alpha value is -12.0. The largest absolute Gasteiger partial charge is 0.491 e. The minimum Gasteiger partial charge on any atom is -0.491 e. The third-order valence-corrected chi connectivity index (χ3v) is 17.2. The normalized spacial score (nSPS) is 13.7. The van der Waals surface area contributed by atoms with Gasteiger partial charge in [0.15, 0.2) is 5.78 Å². The fourth-order valence-corrected chi connectivity index (χ4v) is 10.1. The zero-order chi connectivity index (χ0) is 99.5. The molecule has 1 saturated carbocycles. The third-order valence-electron chi connectivity index (χ3n) is 16.5. The number of rotatable bonds is 42. The van der Waals surface area contributed by atoms with Crippen molar-refractivity contribution in [1.29, 1.82) is 0 Å². The van der Waals surface area contributed by atoms with Gasteiger partial charge in [0.1, 0.15) is 90.0 Å². The maximum absolute atomic E-state index is 12.8. The first-order chi connectivity index (χ1) is 63.4. The van der Waals surface area contributed by atoms with Gasteiger partial charge in [0.05, 0.1) is 47.2 Å². The molecule has 1 aliphatic rings. The second kappa shape index (κ2) is 81.9. The van der Waals surface area contributed by atoms with Crippen LogP contribution < -0.4 is 4.74 Å². The van der Waals surface area contributed by atoms with Gasteiger partial charge in [-0.25, -0.2) is 8.78 Å². The number of halogens is 4. The second-order valence-electron chi connectivity index (χ2n) is 30.5. The molecule has 0 saturated heterocycles. The molecule has 1 fully saturated rings. The highest BCUT2D eigenvalue weighted by Crippen LogP contribution is 2.34. The van der Waals surface area contributed by atoms with E-state index in [0.717, 1.165) is 12.0 Å².